The molecule has 1 fully saturated rings. The number of likely N-dealkylation sites (tertiary alicyclic amines) is 1. The first kappa shape index (κ1) is 17.2. The van der Waals surface area contributed by atoms with Crippen molar-refractivity contribution in [2.45, 2.75) is 37.6 Å². The van der Waals surface area contributed by atoms with Crippen molar-refractivity contribution >= 4 is 10.0 Å². The van der Waals surface area contributed by atoms with Crippen LogP contribution in [0.4, 0.5) is 0 Å². The molecule has 1 saturated heterocycles. The van der Waals surface area contributed by atoms with E-state index in [1.54, 1.807) is 31.4 Å². The molecule has 1 aromatic carbocycles. The maximum absolute atomic E-state index is 12.4. The molecule has 0 aliphatic carbocycles. The van der Waals surface area contributed by atoms with Gasteiger partial charge in [-0.05, 0) is 56.1 Å². The van der Waals surface area contributed by atoms with Gasteiger partial charge in [0, 0.05) is 12.6 Å². The van der Waals surface area contributed by atoms with Crippen molar-refractivity contribution in [2.24, 2.45) is 5.92 Å². The topological polar surface area (TPSA) is 58.6 Å². The van der Waals surface area contributed by atoms with Gasteiger partial charge in [-0.1, -0.05) is 13.8 Å². The molecule has 1 aromatic rings. The molecule has 1 unspecified atom stereocenters. The summed E-state index contributed by atoms with van der Waals surface area (Å²) in [5.74, 6) is 1.06. The SMILES string of the molecule is COc1ccc(S(=O)(=O)NCC(C(C)C)N2CCCC2)cc1. The fourth-order valence-electron chi connectivity index (χ4n) is 2.89. The number of hydrogen-bond acceptors (Lipinski definition) is 4. The Morgan fingerprint density at radius 2 is 1.77 bits per heavy atom. The smallest absolute Gasteiger partial charge is 0.240 e. The van der Waals surface area contributed by atoms with E-state index in [9.17, 15) is 8.42 Å². The summed E-state index contributed by atoms with van der Waals surface area (Å²) in [6, 6.07) is 6.71. The molecule has 0 bridgehead atoms. The highest BCUT2D eigenvalue weighted by Crippen LogP contribution is 2.19. The summed E-state index contributed by atoms with van der Waals surface area (Å²) in [4.78, 5) is 2.67. The quantitative estimate of drug-likeness (QED) is 0.833. The van der Waals surface area contributed by atoms with Crippen LogP contribution in [0.2, 0.25) is 0 Å². The van der Waals surface area contributed by atoms with Gasteiger partial charge in [0.1, 0.15) is 5.75 Å². The molecule has 0 saturated carbocycles. The summed E-state index contributed by atoms with van der Waals surface area (Å²) in [5.41, 5.74) is 0. The third-order valence-electron chi connectivity index (χ3n) is 4.23. The Hall–Kier alpha value is -1.11. The second-order valence-corrected chi connectivity index (χ2v) is 7.85. The van der Waals surface area contributed by atoms with Crippen LogP contribution in [0.15, 0.2) is 29.2 Å². The van der Waals surface area contributed by atoms with E-state index in [1.807, 2.05) is 0 Å². The molecule has 6 heteroatoms. The van der Waals surface area contributed by atoms with Crippen molar-refractivity contribution in [3.63, 3.8) is 0 Å². The van der Waals surface area contributed by atoms with Gasteiger partial charge in [-0.3, -0.25) is 4.90 Å². The van der Waals surface area contributed by atoms with Gasteiger partial charge < -0.3 is 4.74 Å². The van der Waals surface area contributed by atoms with Gasteiger partial charge in [0.25, 0.3) is 0 Å². The van der Waals surface area contributed by atoms with Crippen LogP contribution in [0, 0.1) is 5.92 Å². The number of nitrogens with zero attached hydrogens (tertiary/aromatic N) is 1. The third kappa shape index (κ3) is 4.21. The fourth-order valence-corrected chi connectivity index (χ4v) is 3.94. The average Bonchev–Trinajstić information content (AvgIpc) is 3.01. The van der Waals surface area contributed by atoms with Crippen LogP contribution >= 0.6 is 0 Å². The molecule has 22 heavy (non-hydrogen) atoms. The van der Waals surface area contributed by atoms with Crippen LogP contribution in [0.1, 0.15) is 26.7 Å². The largest absolute Gasteiger partial charge is 0.497 e. The van der Waals surface area contributed by atoms with Crippen LogP contribution < -0.4 is 9.46 Å². The summed E-state index contributed by atoms with van der Waals surface area (Å²) in [6.07, 6.45) is 2.41. The molecular formula is C16H26N2O3S. The maximum atomic E-state index is 12.4. The molecule has 1 atom stereocenters. The number of methoxy groups -OCH3 is 1. The first-order valence-corrected chi connectivity index (χ1v) is 9.30. The van der Waals surface area contributed by atoms with Gasteiger partial charge in [-0.2, -0.15) is 0 Å². The molecule has 1 aliphatic heterocycles. The molecular weight excluding hydrogens is 300 g/mol. The second kappa shape index (κ2) is 7.44. The monoisotopic (exact) mass is 326 g/mol. The molecule has 124 valence electrons. The van der Waals surface area contributed by atoms with Crippen molar-refractivity contribution in [1.29, 1.82) is 0 Å². The van der Waals surface area contributed by atoms with Crippen LogP contribution in [-0.4, -0.2) is 46.1 Å². The number of ether oxygens (including phenoxy) is 1. The molecule has 0 amide bonds. The standard InChI is InChI=1S/C16H26N2O3S/c1-13(2)16(18-10-4-5-11-18)12-17-22(19,20)15-8-6-14(21-3)7-9-15/h6-9,13,16-17H,4-5,10-12H2,1-3H3. The van der Waals surface area contributed by atoms with Gasteiger partial charge in [0.15, 0.2) is 0 Å². The van der Waals surface area contributed by atoms with Crippen molar-refractivity contribution in [2.75, 3.05) is 26.7 Å². The Morgan fingerprint density at radius 3 is 2.27 bits per heavy atom. The summed E-state index contributed by atoms with van der Waals surface area (Å²) in [6.45, 7) is 6.86. The van der Waals surface area contributed by atoms with E-state index in [2.05, 4.69) is 23.5 Å². The number of benzene rings is 1. The van der Waals surface area contributed by atoms with Crippen molar-refractivity contribution < 1.29 is 13.2 Å². The van der Waals surface area contributed by atoms with E-state index < -0.39 is 10.0 Å². The van der Waals surface area contributed by atoms with Crippen molar-refractivity contribution in [3.8, 4) is 5.75 Å². The highest BCUT2D eigenvalue weighted by Gasteiger charge is 2.26. The van der Waals surface area contributed by atoms with Gasteiger partial charge in [0.2, 0.25) is 10.0 Å². The van der Waals surface area contributed by atoms with Gasteiger partial charge >= 0.3 is 0 Å². The molecule has 0 spiro atoms. The number of sulfonamides is 1. The Kier molecular flexibility index (Phi) is 5.83. The number of nitrogens with one attached hydrogen (secondary N) is 1. The maximum Gasteiger partial charge on any atom is 0.240 e. The first-order valence-electron chi connectivity index (χ1n) is 7.82. The molecule has 2 rings (SSSR count). The Balaban J connectivity index is 2.03. The molecule has 0 radical (unpaired) electrons. The van der Waals surface area contributed by atoms with E-state index in [1.165, 1.54) is 12.8 Å². The van der Waals surface area contributed by atoms with Crippen LogP contribution in [0.3, 0.4) is 0 Å². The molecule has 0 aromatic heterocycles. The van der Waals surface area contributed by atoms with Gasteiger partial charge in [-0.25, -0.2) is 13.1 Å². The second-order valence-electron chi connectivity index (χ2n) is 6.08. The normalized spacial score (nSPS) is 17.8. The van der Waals surface area contributed by atoms with E-state index in [0.29, 0.717) is 18.2 Å². The summed E-state index contributed by atoms with van der Waals surface area (Å²) in [5, 5.41) is 0. The Morgan fingerprint density at radius 1 is 1.18 bits per heavy atom. The van der Waals surface area contributed by atoms with E-state index in [4.69, 9.17) is 4.74 Å². The van der Waals surface area contributed by atoms with Crippen molar-refractivity contribution in [1.82, 2.24) is 9.62 Å². The van der Waals surface area contributed by atoms with Crippen molar-refractivity contribution in [3.05, 3.63) is 24.3 Å². The molecule has 1 heterocycles. The average molecular weight is 326 g/mol. The lowest BCUT2D eigenvalue weighted by Gasteiger charge is -2.30. The van der Waals surface area contributed by atoms with Crippen LogP contribution in [-0.2, 0) is 10.0 Å². The lowest BCUT2D eigenvalue weighted by Crippen LogP contribution is -2.45. The van der Waals surface area contributed by atoms with E-state index >= 15 is 0 Å². The summed E-state index contributed by atoms with van der Waals surface area (Å²) >= 11 is 0. The molecule has 5 nitrogen and oxygen atoms in total. The number of rotatable bonds is 7. The Bertz CT molecular complexity index is 564. The lowest BCUT2D eigenvalue weighted by atomic mass is 10.0. The summed E-state index contributed by atoms with van der Waals surface area (Å²) in [7, 11) is -1.92. The molecule has 1 N–H and O–H groups in total. The highest BCUT2D eigenvalue weighted by atomic mass is 32.2. The fraction of sp³-hybridized carbons (Fsp3) is 0.625. The van der Waals surface area contributed by atoms with Gasteiger partial charge in [-0.15, -0.1) is 0 Å². The predicted molar refractivity (Wildman–Crippen MR) is 87.6 cm³/mol. The van der Waals surface area contributed by atoms with Crippen LogP contribution in [0.5, 0.6) is 5.75 Å². The van der Waals surface area contributed by atoms with E-state index in [-0.39, 0.29) is 10.9 Å². The Labute approximate surface area is 133 Å². The minimum Gasteiger partial charge on any atom is -0.497 e. The summed E-state index contributed by atoms with van der Waals surface area (Å²) < 4.78 is 32.6. The number of hydrogen-bond donors (Lipinski definition) is 1. The highest BCUT2D eigenvalue weighted by molar-refractivity contribution is 7.89. The van der Waals surface area contributed by atoms with E-state index in [0.717, 1.165) is 13.1 Å². The predicted octanol–water partition coefficient (Wildman–Crippen LogP) is 2.09. The minimum absolute atomic E-state index is 0.246. The molecule has 1 aliphatic rings. The minimum atomic E-state index is -3.48. The third-order valence-corrected chi connectivity index (χ3v) is 5.67. The first-order chi connectivity index (χ1) is 10.4. The van der Waals surface area contributed by atoms with Crippen LogP contribution in [0.25, 0.3) is 0 Å². The zero-order valence-electron chi connectivity index (χ0n) is 13.6. The van der Waals surface area contributed by atoms with Gasteiger partial charge in [0.05, 0.1) is 12.0 Å². The zero-order valence-corrected chi connectivity index (χ0v) is 14.4. The zero-order chi connectivity index (χ0) is 16.2. The lowest BCUT2D eigenvalue weighted by molar-refractivity contribution is 0.193.